The molecule has 0 aliphatic carbocycles. The molecule has 0 saturated heterocycles. The van der Waals surface area contributed by atoms with Gasteiger partial charge in [0.1, 0.15) is 0 Å². The molecule has 28 heavy (non-hydrogen) atoms. The molecular weight excluding hydrogens is 397 g/mol. The summed E-state index contributed by atoms with van der Waals surface area (Å²) in [5.41, 5.74) is -0.310. The number of rotatable bonds is 7. The van der Waals surface area contributed by atoms with E-state index in [1.165, 1.54) is 11.8 Å². The van der Waals surface area contributed by atoms with Crippen LogP contribution in [0.15, 0.2) is 41.3 Å². The minimum absolute atomic E-state index is 0.261. The zero-order valence-corrected chi connectivity index (χ0v) is 15.4. The monoisotopic (exact) mass is 412 g/mol. The van der Waals surface area contributed by atoms with Crippen LogP contribution in [0.4, 0.5) is 18.9 Å². The fourth-order valence-corrected chi connectivity index (χ4v) is 2.40. The molecule has 2 amide bonds. The van der Waals surface area contributed by atoms with E-state index >= 15 is 0 Å². The van der Waals surface area contributed by atoms with E-state index in [0.29, 0.717) is 6.07 Å². The van der Waals surface area contributed by atoms with Gasteiger partial charge in [-0.1, -0.05) is 0 Å². The van der Waals surface area contributed by atoms with Gasteiger partial charge >= 0.3 is 5.97 Å². The van der Waals surface area contributed by atoms with Crippen LogP contribution in [-0.4, -0.2) is 37.2 Å². The zero-order valence-electron chi connectivity index (χ0n) is 14.6. The Morgan fingerprint density at radius 3 is 2.29 bits per heavy atom. The summed E-state index contributed by atoms with van der Waals surface area (Å²) in [4.78, 5) is 36.1. The van der Waals surface area contributed by atoms with Crippen LogP contribution in [-0.2, 0) is 14.3 Å². The number of hydrogen-bond donors (Lipinski definition) is 2. The van der Waals surface area contributed by atoms with Crippen molar-refractivity contribution >= 4 is 35.2 Å². The Hall–Kier alpha value is -3.01. The summed E-state index contributed by atoms with van der Waals surface area (Å²) in [6.45, 7) is -1.22. The number of anilines is 1. The van der Waals surface area contributed by atoms with E-state index in [9.17, 15) is 27.6 Å². The third kappa shape index (κ3) is 5.74. The van der Waals surface area contributed by atoms with Gasteiger partial charge in [0.05, 0.1) is 17.8 Å². The second-order valence-corrected chi connectivity index (χ2v) is 6.23. The number of halogens is 3. The molecule has 0 aromatic heterocycles. The van der Waals surface area contributed by atoms with Gasteiger partial charge in [-0.05, 0) is 42.7 Å². The quantitative estimate of drug-likeness (QED) is 0.415. The summed E-state index contributed by atoms with van der Waals surface area (Å²) in [5, 5.41) is 4.14. The average molecular weight is 412 g/mol. The summed E-state index contributed by atoms with van der Waals surface area (Å²) in [6, 6.07) is 8.05. The van der Waals surface area contributed by atoms with Crippen molar-refractivity contribution in [2.75, 3.05) is 24.7 Å². The van der Waals surface area contributed by atoms with Gasteiger partial charge in [-0.2, -0.15) is 0 Å². The minimum atomic E-state index is -1.72. The van der Waals surface area contributed by atoms with E-state index in [1.807, 2.05) is 11.6 Å². The molecule has 0 spiro atoms. The first-order valence-electron chi connectivity index (χ1n) is 7.83. The van der Waals surface area contributed by atoms with Crippen LogP contribution < -0.4 is 10.6 Å². The summed E-state index contributed by atoms with van der Waals surface area (Å²) >= 11 is 1.50. The smallest absolute Gasteiger partial charge is 0.338 e. The standard InChI is InChI=1S/C18H15F3N2O4S/c1-28-11-4-2-10(3-5-11)18(26)27-9-15(25)22-8-14(24)23-13-7-6-12(19)16(20)17(13)21/h2-7H,8-9H2,1H3,(H,22,25)(H,23,24). The number of thioether (sulfide) groups is 1. The number of benzene rings is 2. The number of esters is 1. The van der Waals surface area contributed by atoms with Gasteiger partial charge in [0.2, 0.25) is 5.91 Å². The molecular formula is C18H15F3N2O4S. The van der Waals surface area contributed by atoms with Gasteiger partial charge in [-0.15, -0.1) is 11.8 Å². The van der Waals surface area contributed by atoms with Crippen LogP contribution >= 0.6 is 11.8 Å². The van der Waals surface area contributed by atoms with Crippen molar-refractivity contribution in [2.45, 2.75) is 4.90 Å². The minimum Gasteiger partial charge on any atom is -0.452 e. The number of ether oxygens (including phenoxy) is 1. The van der Waals surface area contributed by atoms with E-state index in [0.717, 1.165) is 11.0 Å². The third-order valence-electron chi connectivity index (χ3n) is 3.42. The highest BCUT2D eigenvalue weighted by molar-refractivity contribution is 7.98. The molecule has 2 aromatic rings. The van der Waals surface area contributed by atoms with E-state index in [-0.39, 0.29) is 5.56 Å². The summed E-state index contributed by atoms with van der Waals surface area (Å²) in [6.07, 6.45) is 1.88. The fraction of sp³-hybridized carbons (Fsp3) is 0.167. The van der Waals surface area contributed by atoms with Crippen LogP contribution in [0.3, 0.4) is 0 Å². The number of hydrogen-bond acceptors (Lipinski definition) is 5. The van der Waals surface area contributed by atoms with Gasteiger partial charge in [-0.25, -0.2) is 18.0 Å². The molecule has 148 valence electrons. The van der Waals surface area contributed by atoms with E-state index in [1.54, 1.807) is 24.3 Å². The van der Waals surface area contributed by atoms with Crippen molar-refractivity contribution in [1.82, 2.24) is 5.32 Å². The lowest BCUT2D eigenvalue weighted by atomic mass is 10.2. The SMILES string of the molecule is CSc1ccc(C(=O)OCC(=O)NCC(=O)Nc2ccc(F)c(F)c2F)cc1. The molecule has 0 bridgehead atoms. The molecule has 10 heteroatoms. The zero-order chi connectivity index (χ0) is 20.7. The lowest BCUT2D eigenvalue weighted by molar-refractivity contribution is -0.126. The topological polar surface area (TPSA) is 84.5 Å². The molecule has 0 saturated carbocycles. The lowest BCUT2D eigenvalue weighted by Crippen LogP contribution is -2.35. The predicted octanol–water partition coefficient (Wildman–Crippen LogP) is 2.74. The highest BCUT2D eigenvalue weighted by Gasteiger charge is 2.16. The second kappa shape index (κ2) is 9.79. The fourth-order valence-electron chi connectivity index (χ4n) is 1.99. The normalized spacial score (nSPS) is 10.3. The van der Waals surface area contributed by atoms with Crippen LogP contribution in [0, 0.1) is 17.5 Å². The Labute approximate surface area is 162 Å². The summed E-state index contributed by atoms with van der Waals surface area (Å²) in [5.74, 6) is -7.03. The molecule has 2 aromatic carbocycles. The first-order chi connectivity index (χ1) is 13.3. The number of amides is 2. The largest absolute Gasteiger partial charge is 0.452 e. The molecule has 0 atom stereocenters. The molecule has 2 N–H and O–H groups in total. The van der Waals surface area contributed by atoms with Gasteiger partial charge in [-0.3, -0.25) is 9.59 Å². The first-order valence-corrected chi connectivity index (χ1v) is 9.05. The third-order valence-corrected chi connectivity index (χ3v) is 4.16. The maximum Gasteiger partial charge on any atom is 0.338 e. The maximum absolute atomic E-state index is 13.5. The molecule has 0 aliphatic rings. The second-order valence-electron chi connectivity index (χ2n) is 5.35. The number of nitrogens with one attached hydrogen (secondary N) is 2. The lowest BCUT2D eigenvalue weighted by Gasteiger charge is -2.09. The highest BCUT2D eigenvalue weighted by Crippen LogP contribution is 2.19. The number of carbonyl (C=O) groups excluding carboxylic acids is 3. The van der Waals surface area contributed by atoms with E-state index in [4.69, 9.17) is 4.74 Å². The van der Waals surface area contributed by atoms with E-state index < -0.39 is 54.1 Å². The van der Waals surface area contributed by atoms with Gasteiger partial charge in [0.15, 0.2) is 24.1 Å². The van der Waals surface area contributed by atoms with Crippen molar-refractivity contribution in [3.8, 4) is 0 Å². The van der Waals surface area contributed by atoms with Gasteiger partial charge in [0.25, 0.3) is 5.91 Å². The first kappa shape index (κ1) is 21.3. The molecule has 0 unspecified atom stereocenters. The molecule has 0 fully saturated rings. The van der Waals surface area contributed by atoms with Gasteiger partial charge < -0.3 is 15.4 Å². The van der Waals surface area contributed by atoms with Crippen LogP contribution in [0.1, 0.15) is 10.4 Å². The maximum atomic E-state index is 13.5. The van der Waals surface area contributed by atoms with E-state index in [2.05, 4.69) is 5.32 Å². The van der Waals surface area contributed by atoms with Crippen molar-refractivity contribution in [2.24, 2.45) is 0 Å². The Morgan fingerprint density at radius 1 is 0.964 bits per heavy atom. The molecule has 0 aliphatic heterocycles. The van der Waals surface area contributed by atoms with Crippen LogP contribution in [0.5, 0.6) is 0 Å². The molecule has 2 rings (SSSR count). The Morgan fingerprint density at radius 2 is 1.64 bits per heavy atom. The summed E-state index contributed by atoms with van der Waals surface area (Å²) in [7, 11) is 0. The van der Waals surface area contributed by atoms with Crippen LogP contribution in [0.25, 0.3) is 0 Å². The Balaban J connectivity index is 1.78. The molecule has 6 nitrogen and oxygen atoms in total. The Bertz CT molecular complexity index is 891. The van der Waals surface area contributed by atoms with Crippen molar-refractivity contribution in [1.29, 1.82) is 0 Å². The molecule has 0 radical (unpaired) electrons. The predicted molar refractivity (Wildman–Crippen MR) is 96.5 cm³/mol. The van der Waals surface area contributed by atoms with Crippen LogP contribution in [0.2, 0.25) is 0 Å². The Kier molecular flexibility index (Phi) is 7.44. The van der Waals surface area contributed by atoms with Gasteiger partial charge in [0, 0.05) is 4.90 Å². The summed E-state index contributed by atoms with van der Waals surface area (Å²) < 4.78 is 44.2. The average Bonchev–Trinajstić information content (AvgIpc) is 2.71. The van der Waals surface area contributed by atoms with Crippen molar-refractivity contribution in [3.05, 3.63) is 59.4 Å². The highest BCUT2D eigenvalue weighted by atomic mass is 32.2. The van der Waals surface area contributed by atoms with Crippen molar-refractivity contribution < 1.29 is 32.3 Å². The molecule has 0 heterocycles. The van der Waals surface area contributed by atoms with Crippen molar-refractivity contribution in [3.63, 3.8) is 0 Å². The number of carbonyl (C=O) groups is 3.